The van der Waals surface area contributed by atoms with E-state index in [4.69, 9.17) is 0 Å². The summed E-state index contributed by atoms with van der Waals surface area (Å²) in [7, 11) is 0. The molecule has 0 atom stereocenters. The van der Waals surface area contributed by atoms with Crippen molar-refractivity contribution >= 4 is 0 Å². The van der Waals surface area contributed by atoms with Gasteiger partial charge in [0, 0.05) is 0 Å². The van der Waals surface area contributed by atoms with E-state index in [1.165, 1.54) is 0 Å². The molecule has 0 bridgehead atoms. The topological polar surface area (TPSA) is 0 Å². The fourth-order valence-corrected chi connectivity index (χ4v) is 0.356. The molecule has 0 heterocycles. The minimum Gasteiger partial charge on any atom is -0.192 e. The first-order chi connectivity index (χ1) is 3.75. The molecule has 0 spiro atoms. The minimum absolute atomic E-state index is 5.12. The zero-order valence-corrected chi connectivity index (χ0v) is 3.77. The van der Waals surface area contributed by atoms with Crippen LogP contribution in [-0.2, 0) is 0 Å². The fraction of sp³-hybridized carbons (Fsp3) is 1.00. The average Bonchev–Trinajstić information content (AvgIpc) is 1.84. The molecule has 1 aliphatic rings. The third-order valence-corrected chi connectivity index (χ3v) is 1.12. The summed E-state index contributed by atoms with van der Waals surface area (Å²) in [5, 5.41) is 0. The van der Waals surface area contributed by atoms with E-state index in [-0.39, 0.29) is 0 Å². The highest BCUT2D eigenvalue weighted by Gasteiger charge is 3.01. The molecule has 0 aliphatic heterocycles. The quantitative estimate of drug-likeness (QED) is 0.462. The van der Waals surface area contributed by atoms with Crippen molar-refractivity contribution in [2.45, 2.75) is 17.8 Å². The summed E-state index contributed by atoms with van der Waals surface area (Å²) in [6, 6.07) is 0. The number of rotatable bonds is 0. The van der Waals surface area contributed by atoms with Gasteiger partial charge in [0.05, 0.1) is 0 Å². The van der Waals surface area contributed by atoms with E-state index in [2.05, 4.69) is 0 Å². The van der Waals surface area contributed by atoms with Gasteiger partial charge < -0.3 is 0 Å². The maximum Gasteiger partial charge on any atom is 0.385 e. The molecule has 0 N–H and O–H groups in total. The molecule has 54 valence electrons. The lowest BCUT2D eigenvalue weighted by molar-refractivity contribution is -0.0278. The molecule has 0 radical (unpaired) electrons. The van der Waals surface area contributed by atoms with Crippen LogP contribution in [0.15, 0.2) is 0 Å². The van der Waals surface area contributed by atoms with Gasteiger partial charge in [0.25, 0.3) is 0 Å². The predicted octanol–water partition coefficient (Wildman–Crippen LogP) is 1.91. The Morgan fingerprint density at radius 3 is 0.556 bits per heavy atom. The van der Waals surface area contributed by atoms with Crippen LogP contribution in [0.3, 0.4) is 0 Å². The summed E-state index contributed by atoms with van der Waals surface area (Å²) in [6.07, 6.45) is 0. The largest absolute Gasteiger partial charge is 0.385 e. The van der Waals surface area contributed by atoms with Crippen molar-refractivity contribution in [1.82, 2.24) is 0 Å². The van der Waals surface area contributed by atoms with Crippen molar-refractivity contribution in [3.8, 4) is 0 Å². The molecule has 1 saturated carbocycles. The van der Waals surface area contributed by atoms with E-state index in [9.17, 15) is 26.3 Å². The normalized spacial score (nSPS) is 34.0. The Kier molecular flexibility index (Phi) is 0.790. The molecular weight excluding hydrogens is 150 g/mol. The summed E-state index contributed by atoms with van der Waals surface area (Å²) < 4.78 is 67.1. The minimum atomic E-state index is -5.12. The second kappa shape index (κ2) is 1.06. The Morgan fingerprint density at radius 1 is 0.444 bits per heavy atom. The number of hydrogen-bond acceptors (Lipinski definition) is 0. The van der Waals surface area contributed by atoms with E-state index in [1.54, 1.807) is 0 Å². The molecular formula is C3F6. The summed E-state index contributed by atoms with van der Waals surface area (Å²) in [6.45, 7) is 0. The monoisotopic (exact) mass is 150 g/mol. The molecule has 0 nitrogen and oxygen atoms in total. The Morgan fingerprint density at radius 2 is 0.556 bits per heavy atom. The van der Waals surface area contributed by atoms with Gasteiger partial charge in [-0.05, 0) is 0 Å². The number of hydrogen-bond donors (Lipinski definition) is 0. The smallest absolute Gasteiger partial charge is 0.192 e. The summed E-state index contributed by atoms with van der Waals surface area (Å²) in [5.41, 5.74) is 0. The average molecular weight is 150 g/mol. The van der Waals surface area contributed by atoms with Crippen molar-refractivity contribution in [1.29, 1.82) is 0 Å². The van der Waals surface area contributed by atoms with E-state index in [0.29, 0.717) is 0 Å². The maximum atomic E-state index is 11.2. The Hall–Kier alpha value is -0.420. The zero-order valence-electron chi connectivity index (χ0n) is 3.77. The molecule has 0 aromatic rings. The van der Waals surface area contributed by atoms with Gasteiger partial charge in [-0.2, -0.15) is 26.3 Å². The molecule has 0 unspecified atom stereocenters. The Balaban J connectivity index is 2.91. The van der Waals surface area contributed by atoms with Gasteiger partial charge in [0.1, 0.15) is 0 Å². The number of alkyl halides is 6. The lowest BCUT2D eigenvalue weighted by Crippen LogP contribution is -2.02. The summed E-state index contributed by atoms with van der Waals surface area (Å²) in [5.74, 6) is -15.4. The third-order valence-electron chi connectivity index (χ3n) is 1.12. The molecule has 0 saturated heterocycles. The molecule has 9 heavy (non-hydrogen) atoms. The predicted molar refractivity (Wildman–Crippen MR) is 14.8 cm³/mol. The van der Waals surface area contributed by atoms with E-state index in [0.717, 1.165) is 0 Å². The molecule has 0 aromatic carbocycles. The van der Waals surface area contributed by atoms with Crippen molar-refractivity contribution in [3.63, 3.8) is 0 Å². The Labute approximate surface area is 45.5 Å². The fourth-order valence-electron chi connectivity index (χ4n) is 0.356. The zero-order chi connectivity index (χ0) is 7.50. The van der Waals surface area contributed by atoms with Crippen molar-refractivity contribution in [3.05, 3.63) is 0 Å². The molecule has 1 aliphatic carbocycles. The SMILES string of the molecule is FC1(F)C(F)(F)C1(F)F. The van der Waals surface area contributed by atoms with Gasteiger partial charge in [-0.1, -0.05) is 0 Å². The highest BCUT2D eigenvalue weighted by atomic mass is 19.4. The highest BCUT2D eigenvalue weighted by molar-refractivity contribution is 5.22. The second-order valence-corrected chi connectivity index (χ2v) is 1.72. The second-order valence-electron chi connectivity index (χ2n) is 1.72. The van der Waals surface area contributed by atoms with E-state index in [1.807, 2.05) is 0 Å². The molecule has 1 rings (SSSR count). The lowest BCUT2D eigenvalue weighted by Gasteiger charge is -1.83. The first-order valence-corrected chi connectivity index (χ1v) is 1.88. The Bertz CT molecular complexity index is 106. The van der Waals surface area contributed by atoms with Crippen LogP contribution in [0.4, 0.5) is 26.3 Å². The van der Waals surface area contributed by atoms with Crippen LogP contribution in [0, 0.1) is 0 Å². The van der Waals surface area contributed by atoms with E-state index >= 15 is 0 Å². The molecule has 1 fully saturated rings. The standard InChI is InChI=1S/C3F6/c4-1(5)2(6,7)3(1,8)9. The maximum absolute atomic E-state index is 11.2. The van der Waals surface area contributed by atoms with Crippen molar-refractivity contribution in [2.24, 2.45) is 0 Å². The lowest BCUT2D eigenvalue weighted by atomic mass is 10.8. The highest BCUT2D eigenvalue weighted by Crippen LogP contribution is 2.68. The van der Waals surface area contributed by atoms with Crippen LogP contribution in [0.2, 0.25) is 0 Å². The first-order valence-electron chi connectivity index (χ1n) is 1.88. The van der Waals surface area contributed by atoms with Crippen LogP contribution in [0.25, 0.3) is 0 Å². The van der Waals surface area contributed by atoms with Gasteiger partial charge in [-0.25, -0.2) is 0 Å². The van der Waals surface area contributed by atoms with E-state index < -0.39 is 17.8 Å². The van der Waals surface area contributed by atoms with Gasteiger partial charge in [0.15, 0.2) is 0 Å². The van der Waals surface area contributed by atoms with Gasteiger partial charge in [-0.3, -0.25) is 0 Å². The third kappa shape index (κ3) is 0.391. The van der Waals surface area contributed by atoms with Gasteiger partial charge >= 0.3 is 17.8 Å². The van der Waals surface area contributed by atoms with Gasteiger partial charge in [-0.15, -0.1) is 0 Å². The van der Waals surface area contributed by atoms with Crippen LogP contribution < -0.4 is 0 Å². The first kappa shape index (κ1) is 6.70. The van der Waals surface area contributed by atoms with Gasteiger partial charge in [0.2, 0.25) is 0 Å². The molecule has 0 aromatic heterocycles. The molecule has 0 amide bonds. The van der Waals surface area contributed by atoms with Crippen molar-refractivity contribution in [2.75, 3.05) is 0 Å². The van der Waals surface area contributed by atoms with Crippen LogP contribution in [-0.4, -0.2) is 17.8 Å². The van der Waals surface area contributed by atoms with Crippen LogP contribution in [0.1, 0.15) is 0 Å². The van der Waals surface area contributed by atoms with Crippen LogP contribution >= 0.6 is 0 Å². The van der Waals surface area contributed by atoms with Crippen LogP contribution in [0.5, 0.6) is 0 Å². The summed E-state index contributed by atoms with van der Waals surface area (Å²) >= 11 is 0. The number of halogens is 6. The summed E-state index contributed by atoms with van der Waals surface area (Å²) in [4.78, 5) is 0. The van der Waals surface area contributed by atoms with Crippen molar-refractivity contribution < 1.29 is 26.3 Å². The molecule has 6 heteroatoms.